The molecule has 15 heavy (non-hydrogen) atoms. The molecule has 2 aliphatic rings. The Balaban J connectivity index is 1.82. The summed E-state index contributed by atoms with van der Waals surface area (Å²) in [4.78, 5) is 0. The van der Waals surface area contributed by atoms with Crippen LogP contribution in [-0.4, -0.2) is 8.80 Å². The predicted molar refractivity (Wildman–Crippen MR) is 70.9 cm³/mol. The lowest BCUT2D eigenvalue weighted by Gasteiger charge is -2.14. The second-order valence-electron chi connectivity index (χ2n) is 4.60. The number of hydrogen-bond donors (Lipinski definition) is 0. The van der Waals surface area contributed by atoms with Gasteiger partial charge in [-0.15, -0.1) is 0 Å². The maximum Gasteiger partial charge on any atom is 0.0447 e. The van der Waals surface area contributed by atoms with E-state index in [1.54, 1.807) is 11.1 Å². The van der Waals surface area contributed by atoms with E-state index in [0.717, 1.165) is 0 Å². The molecule has 0 aliphatic heterocycles. The van der Waals surface area contributed by atoms with Crippen molar-refractivity contribution in [3.05, 3.63) is 47.6 Å². The maximum absolute atomic E-state index is 2.38. The fourth-order valence-electron chi connectivity index (χ4n) is 2.39. The average molecular weight is 216 g/mol. The minimum Gasteiger partial charge on any atom is -0.0805 e. The summed E-state index contributed by atoms with van der Waals surface area (Å²) in [7, 11) is -0.536. The summed E-state index contributed by atoms with van der Waals surface area (Å²) in [6, 6.07) is 4.30. The highest BCUT2D eigenvalue weighted by molar-refractivity contribution is 6.60. The van der Waals surface area contributed by atoms with Crippen LogP contribution in [0, 0.1) is 0 Å². The largest absolute Gasteiger partial charge is 0.0805 e. The van der Waals surface area contributed by atoms with E-state index in [2.05, 4.69) is 43.4 Å². The van der Waals surface area contributed by atoms with E-state index in [1.165, 1.54) is 31.0 Å². The maximum atomic E-state index is 2.38. The third kappa shape index (κ3) is 3.06. The Hall–Kier alpha value is -0.823. The standard InChI is InChI=1S/C14H20Si/c1-2-15(11-13-7-3-4-8-13)12-14-9-5-6-10-14/h3-7,9,15H,2,8,10-12H2,1H3. The molecule has 0 N–H and O–H groups in total. The first kappa shape index (κ1) is 10.7. The first-order chi connectivity index (χ1) is 7.38. The van der Waals surface area contributed by atoms with E-state index >= 15 is 0 Å². The molecule has 0 atom stereocenters. The fraction of sp³-hybridized carbons (Fsp3) is 0.429. The molecule has 0 saturated heterocycles. The van der Waals surface area contributed by atoms with Gasteiger partial charge in [-0.2, -0.15) is 0 Å². The van der Waals surface area contributed by atoms with Crippen molar-refractivity contribution in [2.45, 2.75) is 37.9 Å². The van der Waals surface area contributed by atoms with Crippen LogP contribution in [0.3, 0.4) is 0 Å². The van der Waals surface area contributed by atoms with E-state index in [4.69, 9.17) is 0 Å². The van der Waals surface area contributed by atoms with Gasteiger partial charge in [-0.3, -0.25) is 0 Å². The molecule has 0 aromatic rings. The molecule has 0 heterocycles. The van der Waals surface area contributed by atoms with Crippen molar-refractivity contribution >= 4 is 8.80 Å². The highest BCUT2D eigenvalue weighted by atomic mass is 28.3. The normalized spacial score (nSPS) is 18.8. The van der Waals surface area contributed by atoms with E-state index in [-0.39, 0.29) is 0 Å². The summed E-state index contributed by atoms with van der Waals surface area (Å²) in [5.74, 6) is 0. The van der Waals surface area contributed by atoms with Crippen LogP contribution < -0.4 is 0 Å². The zero-order valence-corrected chi connectivity index (χ0v) is 10.7. The average Bonchev–Trinajstić information content (AvgIpc) is 2.89. The van der Waals surface area contributed by atoms with Crippen LogP contribution >= 0.6 is 0 Å². The lowest BCUT2D eigenvalue weighted by molar-refractivity contribution is 1.16. The first-order valence-corrected chi connectivity index (χ1v) is 8.52. The topological polar surface area (TPSA) is 0 Å². The summed E-state index contributed by atoms with van der Waals surface area (Å²) >= 11 is 0. The first-order valence-electron chi connectivity index (χ1n) is 6.07. The summed E-state index contributed by atoms with van der Waals surface area (Å²) in [5.41, 5.74) is 3.36. The van der Waals surface area contributed by atoms with Gasteiger partial charge >= 0.3 is 0 Å². The molecule has 1 heteroatoms. The van der Waals surface area contributed by atoms with Gasteiger partial charge < -0.3 is 0 Å². The molecule has 0 bridgehead atoms. The molecule has 0 aromatic carbocycles. The van der Waals surface area contributed by atoms with Crippen LogP contribution in [0.25, 0.3) is 0 Å². The molecule has 2 aliphatic carbocycles. The minimum atomic E-state index is -0.536. The molecule has 0 unspecified atom stereocenters. The van der Waals surface area contributed by atoms with Gasteiger partial charge in [0.1, 0.15) is 0 Å². The van der Waals surface area contributed by atoms with Gasteiger partial charge in [0.2, 0.25) is 0 Å². The molecule has 0 amide bonds. The van der Waals surface area contributed by atoms with Gasteiger partial charge in [0.25, 0.3) is 0 Å². The number of hydrogen-bond acceptors (Lipinski definition) is 0. The quantitative estimate of drug-likeness (QED) is 0.609. The molecule has 2 rings (SSSR count). The highest BCUT2D eigenvalue weighted by Gasteiger charge is 2.14. The van der Waals surface area contributed by atoms with Crippen LogP contribution in [0.15, 0.2) is 47.6 Å². The molecule has 0 nitrogen and oxygen atoms in total. The summed E-state index contributed by atoms with van der Waals surface area (Å²) in [5, 5.41) is 0. The van der Waals surface area contributed by atoms with Crippen molar-refractivity contribution in [1.29, 1.82) is 0 Å². The van der Waals surface area contributed by atoms with Gasteiger partial charge in [0, 0.05) is 8.80 Å². The van der Waals surface area contributed by atoms with Gasteiger partial charge in [-0.1, -0.05) is 60.6 Å². The van der Waals surface area contributed by atoms with Crippen LogP contribution in [0.4, 0.5) is 0 Å². The van der Waals surface area contributed by atoms with E-state index in [1.807, 2.05) is 0 Å². The Morgan fingerprint density at radius 1 is 1.00 bits per heavy atom. The molecule has 0 spiro atoms. The van der Waals surface area contributed by atoms with Gasteiger partial charge in [-0.05, 0) is 24.9 Å². The van der Waals surface area contributed by atoms with Crippen molar-refractivity contribution in [2.75, 3.05) is 0 Å². The second-order valence-corrected chi connectivity index (χ2v) is 7.96. The smallest absolute Gasteiger partial charge is 0.0447 e. The van der Waals surface area contributed by atoms with E-state index < -0.39 is 8.80 Å². The fourth-order valence-corrected chi connectivity index (χ4v) is 5.20. The molecule has 0 radical (unpaired) electrons. The predicted octanol–water partition coefficient (Wildman–Crippen LogP) is 4.01. The Morgan fingerprint density at radius 2 is 1.53 bits per heavy atom. The molecule has 0 aromatic heterocycles. The Morgan fingerprint density at radius 3 is 1.87 bits per heavy atom. The van der Waals surface area contributed by atoms with Crippen molar-refractivity contribution < 1.29 is 0 Å². The lowest BCUT2D eigenvalue weighted by atomic mass is 10.3. The summed E-state index contributed by atoms with van der Waals surface area (Å²) < 4.78 is 0. The summed E-state index contributed by atoms with van der Waals surface area (Å²) in [6.45, 7) is 2.38. The monoisotopic (exact) mass is 216 g/mol. The second kappa shape index (κ2) is 5.31. The Labute approximate surface area is 94.7 Å². The van der Waals surface area contributed by atoms with Crippen molar-refractivity contribution in [3.63, 3.8) is 0 Å². The zero-order chi connectivity index (χ0) is 10.5. The molecular weight excluding hydrogens is 196 g/mol. The number of rotatable bonds is 5. The van der Waals surface area contributed by atoms with Crippen molar-refractivity contribution in [3.8, 4) is 0 Å². The van der Waals surface area contributed by atoms with Crippen LogP contribution in [0.2, 0.25) is 18.1 Å². The highest BCUT2D eigenvalue weighted by Crippen LogP contribution is 2.25. The van der Waals surface area contributed by atoms with Gasteiger partial charge in [-0.25, -0.2) is 0 Å². The Bertz CT molecular complexity index is 299. The van der Waals surface area contributed by atoms with Crippen LogP contribution in [0.1, 0.15) is 19.8 Å². The van der Waals surface area contributed by atoms with Gasteiger partial charge in [0.15, 0.2) is 0 Å². The van der Waals surface area contributed by atoms with Crippen LogP contribution in [-0.2, 0) is 0 Å². The molecular formula is C14H20Si. The summed E-state index contributed by atoms with van der Waals surface area (Å²) in [6.07, 6.45) is 16.1. The molecule has 80 valence electrons. The SMILES string of the molecule is CC[SiH](CC1=CC=CC1)CC1=CC=CC1. The van der Waals surface area contributed by atoms with Gasteiger partial charge in [0.05, 0.1) is 0 Å². The minimum absolute atomic E-state index is 0.536. The lowest BCUT2D eigenvalue weighted by Crippen LogP contribution is -2.11. The Kier molecular flexibility index (Phi) is 3.79. The molecule has 0 saturated carbocycles. The third-order valence-electron chi connectivity index (χ3n) is 3.38. The van der Waals surface area contributed by atoms with E-state index in [0.29, 0.717) is 0 Å². The molecule has 0 fully saturated rings. The van der Waals surface area contributed by atoms with E-state index in [9.17, 15) is 0 Å². The number of allylic oxidation sites excluding steroid dienone is 8. The van der Waals surface area contributed by atoms with Crippen molar-refractivity contribution in [1.82, 2.24) is 0 Å². The third-order valence-corrected chi connectivity index (χ3v) is 6.73. The van der Waals surface area contributed by atoms with Crippen molar-refractivity contribution in [2.24, 2.45) is 0 Å². The zero-order valence-electron chi connectivity index (χ0n) is 9.58. The van der Waals surface area contributed by atoms with Crippen LogP contribution in [0.5, 0.6) is 0 Å².